The van der Waals surface area contributed by atoms with Gasteiger partial charge in [0.15, 0.2) is 0 Å². The Labute approximate surface area is 84.1 Å². The van der Waals surface area contributed by atoms with Crippen LogP contribution in [0.25, 0.3) is 0 Å². The Kier molecular flexibility index (Phi) is 1.73. The topological polar surface area (TPSA) is 17.1 Å². The van der Waals surface area contributed by atoms with E-state index in [9.17, 15) is 4.79 Å². The van der Waals surface area contributed by atoms with Gasteiger partial charge in [0.2, 0.25) is 0 Å². The molecule has 0 N–H and O–H groups in total. The van der Waals surface area contributed by atoms with Crippen LogP contribution in [-0.2, 0) is 4.79 Å². The Hall–Kier alpha value is -1.11. The lowest BCUT2D eigenvalue weighted by molar-refractivity contribution is -0.123. The molecule has 3 rings (SSSR count). The average Bonchev–Trinajstić information content (AvgIpc) is 2.79. The Morgan fingerprint density at radius 1 is 1.07 bits per heavy atom. The van der Waals surface area contributed by atoms with Crippen LogP contribution in [0.3, 0.4) is 0 Å². The van der Waals surface area contributed by atoms with E-state index in [0.29, 0.717) is 17.6 Å². The van der Waals surface area contributed by atoms with Crippen molar-refractivity contribution in [2.24, 2.45) is 11.8 Å². The molecule has 0 radical (unpaired) electrons. The number of carbonyl (C=O) groups excluding carboxylic acids is 1. The molecule has 0 spiro atoms. The maximum atomic E-state index is 12.0. The summed E-state index contributed by atoms with van der Waals surface area (Å²) >= 11 is 0. The highest BCUT2D eigenvalue weighted by atomic mass is 16.1. The number of fused-ring (bicyclic) bond motifs is 2. The molecule has 14 heavy (non-hydrogen) atoms. The Bertz CT molecular complexity index is 355. The molecule has 2 aliphatic carbocycles. The Morgan fingerprint density at radius 2 is 1.86 bits per heavy atom. The monoisotopic (exact) mass is 186 g/mol. The third-order valence-electron chi connectivity index (χ3n) is 3.81. The van der Waals surface area contributed by atoms with Gasteiger partial charge in [0, 0.05) is 11.8 Å². The van der Waals surface area contributed by atoms with Crippen molar-refractivity contribution in [3.63, 3.8) is 0 Å². The fraction of sp³-hybridized carbons (Fsp3) is 0.462. The molecular formula is C13H14O. The molecule has 0 heterocycles. The maximum absolute atomic E-state index is 12.0. The van der Waals surface area contributed by atoms with Gasteiger partial charge in [-0.1, -0.05) is 30.3 Å². The average molecular weight is 186 g/mol. The highest BCUT2D eigenvalue weighted by Gasteiger charge is 2.46. The normalized spacial score (nSPS) is 35.1. The lowest BCUT2D eigenvalue weighted by Crippen LogP contribution is -2.19. The minimum absolute atomic E-state index is 0.231. The van der Waals surface area contributed by atoms with Gasteiger partial charge in [0.05, 0.1) is 0 Å². The van der Waals surface area contributed by atoms with Crippen LogP contribution in [0.15, 0.2) is 30.3 Å². The van der Waals surface area contributed by atoms with Crippen LogP contribution in [-0.4, -0.2) is 5.78 Å². The van der Waals surface area contributed by atoms with Crippen molar-refractivity contribution >= 4 is 5.78 Å². The SMILES string of the molecule is O=C1C(c2ccccc2)[C@@H]2CC[C@H]1C2. The molecule has 0 aromatic heterocycles. The van der Waals surface area contributed by atoms with E-state index < -0.39 is 0 Å². The minimum Gasteiger partial charge on any atom is -0.299 e. The maximum Gasteiger partial charge on any atom is 0.143 e. The molecule has 1 unspecified atom stereocenters. The summed E-state index contributed by atoms with van der Waals surface area (Å²) in [4.78, 5) is 12.0. The number of ketones is 1. The summed E-state index contributed by atoms with van der Waals surface area (Å²) in [6, 6.07) is 10.3. The van der Waals surface area contributed by atoms with Gasteiger partial charge in [-0.05, 0) is 30.7 Å². The van der Waals surface area contributed by atoms with Gasteiger partial charge in [0.1, 0.15) is 5.78 Å². The van der Waals surface area contributed by atoms with E-state index in [1.165, 1.54) is 12.0 Å². The van der Waals surface area contributed by atoms with Gasteiger partial charge in [-0.25, -0.2) is 0 Å². The zero-order chi connectivity index (χ0) is 9.54. The quantitative estimate of drug-likeness (QED) is 0.659. The van der Waals surface area contributed by atoms with Crippen molar-refractivity contribution in [1.82, 2.24) is 0 Å². The molecule has 72 valence electrons. The van der Waals surface area contributed by atoms with E-state index >= 15 is 0 Å². The predicted molar refractivity (Wildman–Crippen MR) is 55.0 cm³/mol. The van der Waals surface area contributed by atoms with Gasteiger partial charge < -0.3 is 0 Å². The highest BCUT2D eigenvalue weighted by Crippen LogP contribution is 2.50. The minimum atomic E-state index is 0.231. The summed E-state index contributed by atoms with van der Waals surface area (Å²) in [5.41, 5.74) is 1.24. The van der Waals surface area contributed by atoms with Crippen molar-refractivity contribution in [3.8, 4) is 0 Å². The molecule has 0 saturated heterocycles. The lowest BCUT2D eigenvalue weighted by Gasteiger charge is -2.20. The first-order chi connectivity index (χ1) is 6.86. The summed E-state index contributed by atoms with van der Waals surface area (Å²) in [6.07, 6.45) is 3.56. The molecule has 0 aliphatic heterocycles. The number of benzene rings is 1. The van der Waals surface area contributed by atoms with Gasteiger partial charge in [0.25, 0.3) is 0 Å². The van der Waals surface area contributed by atoms with Gasteiger partial charge >= 0.3 is 0 Å². The van der Waals surface area contributed by atoms with Gasteiger partial charge in [-0.15, -0.1) is 0 Å². The summed E-state index contributed by atoms with van der Waals surface area (Å²) in [5.74, 6) is 1.78. The first kappa shape index (κ1) is 8.22. The Balaban J connectivity index is 1.97. The third kappa shape index (κ3) is 1.05. The van der Waals surface area contributed by atoms with Crippen LogP contribution < -0.4 is 0 Å². The number of Topliss-reactive ketones (excluding diaryl/α,β-unsaturated/α-hetero) is 1. The second kappa shape index (κ2) is 2.94. The second-order valence-electron chi connectivity index (χ2n) is 4.56. The molecule has 2 aliphatic rings. The first-order valence-electron chi connectivity index (χ1n) is 5.45. The summed E-state index contributed by atoms with van der Waals surface area (Å²) in [6.45, 7) is 0. The zero-order valence-electron chi connectivity index (χ0n) is 8.15. The molecule has 1 nitrogen and oxygen atoms in total. The van der Waals surface area contributed by atoms with Crippen molar-refractivity contribution in [1.29, 1.82) is 0 Å². The summed E-state index contributed by atoms with van der Waals surface area (Å²) < 4.78 is 0. The number of hydrogen-bond acceptors (Lipinski definition) is 1. The summed E-state index contributed by atoms with van der Waals surface area (Å²) in [7, 11) is 0. The van der Waals surface area contributed by atoms with E-state index in [2.05, 4.69) is 12.1 Å². The number of carbonyl (C=O) groups is 1. The van der Waals surface area contributed by atoms with E-state index in [0.717, 1.165) is 12.8 Å². The fourth-order valence-electron chi connectivity index (χ4n) is 3.16. The second-order valence-corrected chi connectivity index (χ2v) is 4.56. The molecule has 3 atom stereocenters. The molecule has 1 aromatic carbocycles. The number of hydrogen-bond donors (Lipinski definition) is 0. The largest absolute Gasteiger partial charge is 0.299 e. The van der Waals surface area contributed by atoms with E-state index in [1.807, 2.05) is 18.2 Å². The third-order valence-corrected chi connectivity index (χ3v) is 3.81. The molecular weight excluding hydrogens is 172 g/mol. The zero-order valence-corrected chi connectivity index (χ0v) is 8.15. The van der Waals surface area contributed by atoms with E-state index in [1.54, 1.807) is 0 Å². The van der Waals surface area contributed by atoms with Gasteiger partial charge in [-0.3, -0.25) is 4.79 Å². The molecule has 1 aromatic rings. The van der Waals surface area contributed by atoms with Crippen molar-refractivity contribution in [2.75, 3.05) is 0 Å². The fourth-order valence-corrected chi connectivity index (χ4v) is 3.16. The van der Waals surface area contributed by atoms with Crippen LogP contribution in [0.1, 0.15) is 30.7 Å². The van der Waals surface area contributed by atoms with E-state index in [-0.39, 0.29) is 5.92 Å². The molecule has 0 amide bonds. The molecule has 2 fully saturated rings. The van der Waals surface area contributed by atoms with Crippen molar-refractivity contribution in [3.05, 3.63) is 35.9 Å². The Morgan fingerprint density at radius 3 is 2.50 bits per heavy atom. The summed E-state index contributed by atoms with van der Waals surface area (Å²) in [5, 5.41) is 0. The molecule has 2 bridgehead atoms. The van der Waals surface area contributed by atoms with Crippen LogP contribution >= 0.6 is 0 Å². The van der Waals surface area contributed by atoms with Crippen LogP contribution in [0.2, 0.25) is 0 Å². The van der Waals surface area contributed by atoms with Crippen LogP contribution in [0.5, 0.6) is 0 Å². The van der Waals surface area contributed by atoms with Crippen molar-refractivity contribution in [2.45, 2.75) is 25.2 Å². The standard InChI is InChI=1S/C13H14O/c14-13-11-7-6-10(8-11)12(13)9-4-2-1-3-5-9/h1-5,10-12H,6-8H2/t10-,11+,12?/m1/s1. The van der Waals surface area contributed by atoms with Gasteiger partial charge in [-0.2, -0.15) is 0 Å². The predicted octanol–water partition coefficient (Wildman–Crippen LogP) is 2.77. The van der Waals surface area contributed by atoms with Crippen molar-refractivity contribution < 1.29 is 4.79 Å². The lowest BCUT2D eigenvalue weighted by atomic mass is 9.82. The van der Waals surface area contributed by atoms with Crippen LogP contribution in [0, 0.1) is 11.8 Å². The first-order valence-corrected chi connectivity index (χ1v) is 5.45. The van der Waals surface area contributed by atoms with Crippen LogP contribution in [0.4, 0.5) is 0 Å². The smallest absolute Gasteiger partial charge is 0.143 e. The molecule has 1 heteroatoms. The number of rotatable bonds is 1. The van der Waals surface area contributed by atoms with E-state index in [4.69, 9.17) is 0 Å². The molecule has 2 saturated carbocycles. The highest BCUT2D eigenvalue weighted by molar-refractivity contribution is 5.91.